The number of benzene rings is 1. The van der Waals surface area contributed by atoms with E-state index in [4.69, 9.17) is 0 Å². The maximum Gasteiger partial charge on any atom is 0.246 e. The molecule has 1 fully saturated rings. The van der Waals surface area contributed by atoms with Gasteiger partial charge in [-0.15, -0.1) is 0 Å². The third kappa shape index (κ3) is 2.96. The normalized spacial score (nSPS) is 17.6. The first-order valence-electron chi connectivity index (χ1n) is 6.28. The Labute approximate surface area is 103 Å². The van der Waals surface area contributed by atoms with Gasteiger partial charge < -0.3 is 4.90 Å². The van der Waals surface area contributed by atoms with E-state index in [0.717, 1.165) is 25.9 Å². The molecule has 90 valence electrons. The fourth-order valence-electron chi connectivity index (χ4n) is 2.41. The number of hydrogen-bond donors (Lipinski definition) is 0. The summed E-state index contributed by atoms with van der Waals surface area (Å²) in [5, 5.41) is 0. The second-order valence-corrected chi connectivity index (χ2v) is 4.51. The molecule has 17 heavy (non-hydrogen) atoms. The summed E-state index contributed by atoms with van der Waals surface area (Å²) in [6, 6.07) is 10.6. The van der Waals surface area contributed by atoms with Gasteiger partial charge in [-0.3, -0.25) is 4.79 Å². The average molecular weight is 229 g/mol. The highest BCUT2D eigenvalue weighted by Gasteiger charge is 2.22. The minimum absolute atomic E-state index is 0.152. The Hall–Kier alpha value is -1.57. The van der Waals surface area contributed by atoms with E-state index in [2.05, 4.69) is 24.3 Å². The highest BCUT2D eigenvalue weighted by Crippen LogP contribution is 2.27. The van der Waals surface area contributed by atoms with Crippen molar-refractivity contribution in [3.63, 3.8) is 0 Å². The second-order valence-electron chi connectivity index (χ2n) is 4.51. The Kier molecular flexibility index (Phi) is 3.97. The standard InChI is InChI=1S/C15H19NO/c1-2-6-15(17)16-11-9-14(10-12-16)13-7-4-3-5-8-13/h2-8,14H,9-12H2,1H3. The molecule has 2 heteroatoms. The van der Waals surface area contributed by atoms with Crippen LogP contribution in [0.2, 0.25) is 0 Å². The van der Waals surface area contributed by atoms with Crippen molar-refractivity contribution >= 4 is 5.91 Å². The summed E-state index contributed by atoms with van der Waals surface area (Å²) in [7, 11) is 0. The predicted octanol–water partition coefficient (Wildman–Crippen LogP) is 2.97. The Balaban J connectivity index is 1.92. The lowest BCUT2D eigenvalue weighted by Gasteiger charge is -2.31. The molecule has 0 aliphatic carbocycles. The molecule has 0 N–H and O–H groups in total. The first-order chi connectivity index (χ1) is 8.31. The quantitative estimate of drug-likeness (QED) is 0.714. The maximum atomic E-state index is 11.7. The van der Waals surface area contributed by atoms with Gasteiger partial charge in [-0.2, -0.15) is 0 Å². The molecule has 2 rings (SSSR count). The monoisotopic (exact) mass is 229 g/mol. The summed E-state index contributed by atoms with van der Waals surface area (Å²) >= 11 is 0. The zero-order valence-corrected chi connectivity index (χ0v) is 10.3. The summed E-state index contributed by atoms with van der Waals surface area (Å²) in [6.45, 7) is 3.64. The summed E-state index contributed by atoms with van der Waals surface area (Å²) in [6.07, 6.45) is 5.62. The predicted molar refractivity (Wildman–Crippen MR) is 69.8 cm³/mol. The molecule has 0 radical (unpaired) electrons. The minimum Gasteiger partial charge on any atom is -0.339 e. The number of nitrogens with zero attached hydrogens (tertiary/aromatic N) is 1. The van der Waals surface area contributed by atoms with Crippen LogP contribution in [0.4, 0.5) is 0 Å². The number of hydrogen-bond acceptors (Lipinski definition) is 1. The van der Waals surface area contributed by atoms with Crippen molar-refractivity contribution in [3.05, 3.63) is 48.0 Å². The van der Waals surface area contributed by atoms with Crippen molar-refractivity contribution in [2.24, 2.45) is 0 Å². The van der Waals surface area contributed by atoms with E-state index in [-0.39, 0.29) is 5.91 Å². The van der Waals surface area contributed by atoms with Crippen LogP contribution >= 0.6 is 0 Å². The van der Waals surface area contributed by atoms with Crippen LogP contribution in [0.15, 0.2) is 42.5 Å². The van der Waals surface area contributed by atoms with Gasteiger partial charge in [0, 0.05) is 13.1 Å². The zero-order valence-electron chi connectivity index (χ0n) is 10.3. The minimum atomic E-state index is 0.152. The molecule has 0 aromatic heterocycles. The molecule has 1 aromatic carbocycles. The van der Waals surface area contributed by atoms with E-state index < -0.39 is 0 Å². The molecular weight excluding hydrogens is 210 g/mol. The molecule has 1 saturated heterocycles. The lowest BCUT2D eigenvalue weighted by atomic mass is 9.89. The van der Waals surface area contributed by atoms with E-state index in [1.807, 2.05) is 24.0 Å². The van der Waals surface area contributed by atoms with Crippen molar-refractivity contribution in [3.8, 4) is 0 Å². The summed E-state index contributed by atoms with van der Waals surface area (Å²) in [5.74, 6) is 0.768. The number of carbonyl (C=O) groups excluding carboxylic acids is 1. The highest BCUT2D eigenvalue weighted by atomic mass is 16.2. The number of piperidine rings is 1. The topological polar surface area (TPSA) is 20.3 Å². The van der Waals surface area contributed by atoms with Crippen LogP contribution in [-0.2, 0) is 4.79 Å². The third-order valence-electron chi connectivity index (χ3n) is 3.39. The number of amides is 1. The first-order valence-corrected chi connectivity index (χ1v) is 6.28. The van der Waals surface area contributed by atoms with Crippen LogP contribution < -0.4 is 0 Å². The molecule has 1 aliphatic rings. The van der Waals surface area contributed by atoms with E-state index in [0.29, 0.717) is 5.92 Å². The first kappa shape index (κ1) is 11.9. The van der Waals surface area contributed by atoms with Crippen LogP contribution in [-0.4, -0.2) is 23.9 Å². The SMILES string of the molecule is CC=CC(=O)N1CCC(c2ccccc2)CC1. The summed E-state index contributed by atoms with van der Waals surface area (Å²) in [4.78, 5) is 13.6. The number of rotatable bonds is 2. The van der Waals surface area contributed by atoms with Gasteiger partial charge in [-0.1, -0.05) is 36.4 Å². The molecule has 1 heterocycles. The number of likely N-dealkylation sites (tertiary alicyclic amines) is 1. The van der Waals surface area contributed by atoms with Gasteiger partial charge in [0.25, 0.3) is 0 Å². The lowest BCUT2D eigenvalue weighted by Crippen LogP contribution is -2.36. The van der Waals surface area contributed by atoms with Crippen molar-refractivity contribution in [2.75, 3.05) is 13.1 Å². The van der Waals surface area contributed by atoms with Gasteiger partial charge >= 0.3 is 0 Å². The third-order valence-corrected chi connectivity index (χ3v) is 3.39. The molecule has 1 aliphatic heterocycles. The van der Waals surface area contributed by atoms with E-state index in [9.17, 15) is 4.79 Å². The largest absolute Gasteiger partial charge is 0.339 e. The fraction of sp³-hybridized carbons (Fsp3) is 0.400. The molecular formula is C15H19NO. The molecule has 0 unspecified atom stereocenters. The van der Waals surface area contributed by atoms with Gasteiger partial charge in [0.2, 0.25) is 5.91 Å². The Morgan fingerprint density at radius 2 is 1.88 bits per heavy atom. The average Bonchev–Trinajstić information content (AvgIpc) is 2.40. The highest BCUT2D eigenvalue weighted by molar-refractivity contribution is 5.87. The molecule has 2 nitrogen and oxygen atoms in total. The summed E-state index contributed by atoms with van der Waals surface area (Å²) < 4.78 is 0. The maximum absolute atomic E-state index is 11.7. The van der Waals surface area contributed by atoms with Crippen molar-refractivity contribution in [1.29, 1.82) is 0 Å². The molecule has 0 atom stereocenters. The molecule has 0 saturated carbocycles. The second kappa shape index (κ2) is 5.67. The molecule has 0 bridgehead atoms. The van der Waals surface area contributed by atoms with Gasteiger partial charge in [0.15, 0.2) is 0 Å². The van der Waals surface area contributed by atoms with Gasteiger partial charge in [-0.25, -0.2) is 0 Å². The number of allylic oxidation sites excluding steroid dienone is 1. The van der Waals surface area contributed by atoms with Crippen molar-refractivity contribution in [2.45, 2.75) is 25.7 Å². The molecule has 0 spiro atoms. The van der Waals surface area contributed by atoms with E-state index in [1.165, 1.54) is 5.56 Å². The smallest absolute Gasteiger partial charge is 0.246 e. The van der Waals surface area contributed by atoms with Gasteiger partial charge in [0.05, 0.1) is 0 Å². The summed E-state index contributed by atoms with van der Waals surface area (Å²) in [5.41, 5.74) is 1.41. The Morgan fingerprint density at radius 3 is 2.47 bits per heavy atom. The van der Waals surface area contributed by atoms with Gasteiger partial charge in [-0.05, 0) is 37.3 Å². The van der Waals surface area contributed by atoms with Crippen LogP contribution in [0.3, 0.4) is 0 Å². The zero-order chi connectivity index (χ0) is 12.1. The van der Waals surface area contributed by atoms with Gasteiger partial charge in [0.1, 0.15) is 0 Å². The van der Waals surface area contributed by atoms with E-state index in [1.54, 1.807) is 6.08 Å². The van der Waals surface area contributed by atoms with Crippen LogP contribution in [0.5, 0.6) is 0 Å². The number of carbonyl (C=O) groups is 1. The Morgan fingerprint density at radius 1 is 1.24 bits per heavy atom. The molecule has 1 amide bonds. The lowest BCUT2D eigenvalue weighted by molar-refractivity contribution is -0.127. The van der Waals surface area contributed by atoms with Crippen LogP contribution in [0.1, 0.15) is 31.2 Å². The van der Waals surface area contributed by atoms with Crippen molar-refractivity contribution in [1.82, 2.24) is 4.90 Å². The Bertz CT molecular complexity index is 389. The van der Waals surface area contributed by atoms with Crippen molar-refractivity contribution < 1.29 is 4.79 Å². The fourth-order valence-corrected chi connectivity index (χ4v) is 2.41. The molecule has 1 aromatic rings. The van der Waals surface area contributed by atoms with Crippen LogP contribution in [0.25, 0.3) is 0 Å². The van der Waals surface area contributed by atoms with Crippen LogP contribution in [0, 0.1) is 0 Å². The van der Waals surface area contributed by atoms with E-state index >= 15 is 0 Å².